The van der Waals surface area contributed by atoms with Gasteiger partial charge >= 0.3 is 0 Å². The van der Waals surface area contributed by atoms with Gasteiger partial charge < -0.3 is 10.5 Å². The number of ether oxygens (including phenoxy) is 1. The van der Waals surface area contributed by atoms with Gasteiger partial charge in [-0.1, -0.05) is 19.1 Å². The van der Waals surface area contributed by atoms with Gasteiger partial charge in [0.2, 0.25) is 0 Å². The van der Waals surface area contributed by atoms with E-state index in [0.717, 1.165) is 31.8 Å². The molecule has 0 radical (unpaired) electrons. The quantitative estimate of drug-likeness (QED) is 0.867. The van der Waals surface area contributed by atoms with Crippen LogP contribution in [0.1, 0.15) is 31.7 Å². The second kappa shape index (κ2) is 6.59. The van der Waals surface area contributed by atoms with Gasteiger partial charge in [0.25, 0.3) is 0 Å². The number of nitrogens with two attached hydrogens (primary N) is 1. The minimum atomic E-state index is 0.169. The maximum atomic E-state index is 6.15. The SMILES string of the molecule is CCN(Cc1ccc(N)cc1)C1CCOC2(CCSC2)C1. The van der Waals surface area contributed by atoms with E-state index in [4.69, 9.17) is 10.5 Å². The van der Waals surface area contributed by atoms with Crippen LogP contribution in [-0.4, -0.2) is 41.2 Å². The average molecular weight is 306 g/mol. The summed E-state index contributed by atoms with van der Waals surface area (Å²) in [6.45, 7) is 5.30. The van der Waals surface area contributed by atoms with E-state index in [2.05, 4.69) is 24.0 Å². The lowest BCUT2D eigenvalue weighted by Gasteiger charge is -2.42. The van der Waals surface area contributed by atoms with Crippen LogP contribution in [0.5, 0.6) is 0 Å². The molecule has 1 aromatic carbocycles. The zero-order valence-corrected chi connectivity index (χ0v) is 13.7. The van der Waals surface area contributed by atoms with Crippen molar-refractivity contribution in [3.05, 3.63) is 29.8 Å². The predicted molar refractivity (Wildman–Crippen MR) is 90.6 cm³/mol. The second-order valence-corrected chi connectivity index (χ2v) is 7.39. The lowest BCUT2D eigenvalue weighted by molar-refractivity contribution is -0.0901. The molecule has 21 heavy (non-hydrogen) atoms. The Balaban J connectivity index is 1.66. The molecule has 2 atom stereocenters. The van der Waals surface area contributed by atoms with Gasteiger partial charge in [0.1, 0.15) is 0 Å². The van der Waals surface area contributed by atoms with E-state index in [-0.39, 0.29) is 5.60 Å². The molecule has 2 aliphatic heterocycles. The van der Waals surface area contributed by atoms with Gasteiger partial charge in [-0.25, -0.2) is 0 Å². The Kier molecular flexibility index (Phi) is 4.77. The topological polar surface area (TPSA) is 38.5 Å². The summed E-state index contributed by atoms with van der Waals surface area (Å²) in [5, 5.41) is 0. The van der Waals surface area contributed by atoms with Crippen LogP contribution in [0.2, 0.25) is 0 Å². The Morgan fingerprint density at radius 1 is 1.38 bits per heavy atom. The molecule has 2 heterocycles. The molecule has 0 aliphatic carbocycles. The molecule has 2 unspecified atom stereocenters. The summed E-state index contributed by atoms with van der Waals surface area (Å²) in [5.74, 6) is 2.44. The second-order valence-electron chi connectivity index (χ2n) is 6.29. The smallest absolute Gasteiger partial charge is 0.0795 e. The van der Waals surface area contributed by atoms with E-state index in [1.165, 1.54) is 29.9 Å². The van der Waals surface area contributed by atoms with Gasteiger partial charge in [-0.3, -0.25) is 4.90 Å². The molecule has 116 valence electrons. The van der Waals surface area contributed by atoms with E-state index in [1.807, 2.05) is 23.9 Å². The third-order valence-corrected chi connectivity index (χ3v) is 6.05. The zero-order chi connectivity index (χ0) is 14.7. The Morgan fingerprint density at radius 3 is 2.86 bits per heavy atom. The van der Waals surface area contributed by atoms with E-state index in [0.29, 0.717) is 6.04 Å². The Labute approximate surface area is 132 Å². The van der Waals surface area contributed by atoms with Crippen molar-refractivity contribution in [3.63, 3.8) is 0 Å². The summed E-state index contributed by atoms with van der Waals surface area (Å²) in [5.41, 5.74) is 8.14. The molecule has 2 N–H and O–H groups in total. The summed E-state index contributed by atoms with van der Waals surface area (Å²) >= 11 is 2.05. The summed E-state index contributed by atoms with van der Waals surface area (Å²) < 4.78 is 6.15. The van der Waals surface area contributed by atoms with Crippen molar-refractivity contribution >= 4 is 17.4 Å². The first kappa shape index (κ1) is 15.2. The van der Waals surface area contributed by atoms with Gasteiger partial charge in [0, 0.05) is 30.6 Å². The first-order valence-corrected chi connectivity index (χ1v) is 9.16. The van der Waals surface area contributed by atoms with E-state index in [1.54, 1.807) is 0 Å². The van der Waals surface area contributed by atoms with Crippen molar-refractivity contribution < 1.29 is 4.74 Å². The molecule has 2 fully saturated rings. The van der Waals surface area contributed by atoms with Crippen molar-refractivity contribution in [2.45, 2.75) is 44.4 Å². The molecule has 0 amide bonds. The highest BCUT2D eigenvalue weighted by Crippen LogP contribution is 2.39. The molecule has 0 saturated carbocycles. The minimum absolute atomic E-state index is 0.169. The van der Waals surface area contributed by atoms with Gasteiger partial charge in [0.05, 0.1) is 5.60 Å². The molecule has 4 heteroatoms. The molecule has 0 aromatic heterocycles. The minimum Gasteiger partial charge on any atom is -0.399 e. The molecule has 3 rings (SSSR count). The van der Waals surface area contributed by atoms with Crippen LogP contribution in [0.4, 0.5) is 5.69 Å². The van der Waals surface area contributed by atoms with Gasteiger partial charge in [-0.15, -0.1) is 0 Å². The monoisotopic (exact) mass is 306 g/mol. The summed E-state index contributed by atoms with van der Waals surface area (Å²) in [7, 11) is 0. The lowest BCUT2D eigenvalue weighted by atomic mass is 9.89. The van der Waals surface area contributed by atoms with Crippen molar-refractivity contribution in [1.29, 1.82) is 0 Å². The van der Waals surface area contributed by atoms with E-state index in [9.17, 15) is 0 Å². The van der Waals surface area contributed by atoms with Crippen molar-refractivity contribution in [2.75, 3.05) is 30.4 Å². The zero-order valence-electron chi connectivity index (χ0n) is 12.9. The number of nitrogens with zero attached hydrogens (tertiary/aromatic N) is 1. The molecule has 0 bridgehead atoms. The Bertz CT molecular complexity index is 456. The highest BCUT2D eigenvalue weighted by atomic mass is 32.2. The standard InChI is InChI=1S/C17H26N2OS/c1-2-19(12-14-3-5-15(18)6-4-14)16-7-9-20-17(11-16)8-10-21-13-17/h3-6,16H,2,7-13,18H2,1H3. The van der Waals surface area contributed by atoms with Gasteiger partial charge in [-0.2, -0.15) is 11.8 Å². The number of thioether (sulfide) groups is 1. The molecule has 2 aliphatic rings. The van der Waals surface area contributed by atoms with Gasteiger partial charge in [-0.05, 0) is 49.3 Å². The summed E-state index contributed by atoms with van der Waals surface area (Å²) in [6, 6.07) is 8.96. The van der Waals surface area contributed by atoms with Crippen LogP contribution >= 0.6 is 11.8 Å². The van der Waals surface area contributed by atoms with Crippen LogP contribution in [0, 0.1) is 0 Å². The number of rotatable bonds is 4. The van der Waals surface area contributed by atoms with Crippen molar-refractivity contribution in [2.24, 2.45) is 0 Å². The predicted octanol–water partition coefficient (Wildman–Crippen LogP) is 3.15. The number of nitrogen functional groups attached to an aromatic ring is 1. The van der Waals surface area contributed by atoms with Crippen molar-refractivity contribution in [3.8, 4) is 0 Å². The fourth-order valence-corrected chi connectivity index (χ4v) is 4.91. The number of anilines is 1. The normalized spacial score (nSPS) is 29.3. The van der Waals surface area contributed by atoms with Crippen LogP contribution in [0.3, 0.4) is 0 Å². The Hall–Kier alpha value is -0.710. The lowest BCUT2D eigenvalue weighted by Crippen LogP contribution is -2.48. The molecule has 1 spiro atoms. The molecular weight excluding hydrogens is 280 g/mol. The van der Waals surface area contributed by atoms with E-state index >= 15 is 0 Å². The third-order valence-electron chi connectivity index (χ3n) is 4.82. The third kappa shape index (κ3) is 3.55. The maximum absolute atomic E-state index is 6.15. The molecule has 2 saturated heterocycles. The largest absolute Gasteiger partial charge is 0.399 e. The first-order valence-electron chi connectivity index (χ1n) is 8.01. The average Bonchev–Trinajstić information content (AvgIpc) is 2.94. The Morgan fingerprint density at radius 2 is 2.19 bits per heavy atom. The maximum Gasteiger partial charge on any atom is 0.0795 e. The van der Waals surface area contributed by atoms with Crippen molar-refractivity contribution in [1.82, 2.24) is 4.90 Å². The van der Waals surface area contributed by atoms with Gasteiger partial charge in [0.15, 0.2) is 0 Å². The highest BCUT2D eigenvalue weighted by Gasteiger charge is 2.41. The van der Waals surface area contributed by atoms with E-state index < -0.39 is 0 Å². The van der Waals surface area contributed by atoms with Crippen LogP contribution in [0.15, 0.2) is 24.3 Å². The van der Waals surface area contributed by atoms with Crippen LogP contribution < -0.4 is 5.73 Å². The molecular formula is C17H26N2OS. The highest BCUT2D eigenvalue weighted by molar-refractivity contribution is 7.99. The fraction of sp³-hybridized carbons (Fsp3) is 0.647. The summed E-state index contributed by atoms with van der Waals surface area (Å²) in [4.78, 5) is 2.61. The number of hydrogen-bond donors (Lipinski definition) is 1. The fourth-order valence-electron chi connectivity index (χ4n) is 3.53. The van der Waals surface area contributed by atoms with Crippen LogP contribution in [-0.2, 0) is 11.3 Å². The first-order chi connectivity index (χ1) is 10.2. The molecule has 1 aromatic rings. The summed E-state index contributed by atoms with van der Waals surface area (Å²) in [6.07, 6.45) is 3.59. The molecule has 3 nitrogen and oxygen atoms in total. The number of benzene rings is 1. The number of hydrogen-bond acceptors (Lipinski definition) is 4. The van der Waals surface area contributed by atoms with Crippen LogP contribution in [0.25, 0.3) is 0 Å².